The molecular weight excluding hydrogens is 362 g/mol. The van der Waals surface area contributed by atoms with Crippen molar-refractivity contribution in [1.29, 1.82) is 0 Å². The van der Waals surface area contributed by atoms with E-state index in [-0.39, 0.29) is 12.6 Å². The zero-order valence-corrected chi connectivity index (χ0v) is 16.0. The highest BCUT2D eigenvalue weighted by Crippen LogP contribution is 2.38. The van der Waals surface area contributed by atoms with Gasteiger partial charge in [0.25, 0.3) is 0 Å². The Kier molecular flexibility index (Phi) is 5.11. The van der Waals surface area contributed by atoms with Crippen molar-refractivity contribution in [3.05, 3.63) is 11.6 Å². The molecule has 3 aliphatic heterocycles. The highest BCUT2D eigenvalue weighted by Gasteiger charge is 2.54. The van der Waals surface area contributed by atoms with Crippen LogP contribution in [0.5, 0.6) is 0 Å². The van der Waals surface area contributed by atoms with Crippen LogP contribution in [0.25, 0.3) is 0 Å². The molecule has 0 aliphatic carbocycles. The van der Waals surface area contributed by atoms with Crippen molar-refractivity contribution >= 4 is 23.5 Å². The third kappa shape index (κ3) is 2.95. The topological polar surface area (TPSA) is 96.3 Å². The van der Waals surface area contributed by atoms with E-state index < -0.39 is 47.0 Å². The van der Waals surface area contributed by atoms with Crippen LogP contribution in [0.15, 0.2) is 11.6 Å². The Morgan fingerprint density at radius 2 is 1.96 bits per heavy atom. The number of hydrogen-bond donors (Lipinski definition) is 2. The number of hydrogen-bond acceptors (Lipinski definition) is 7. The predicted molar refractivity (Wildman–Crippen MR) is 93.5 cm³/mol. The smallest absolute Gasteiger partial charge is 0.340 e. The maximum Gasteiger partial charge on any atom is 0.340 e. The van der Waals surface area contributed by atoms with Gasteiger partial charge in [0.1, 0.15) is 12.7 Å². The predicted octanol–water partition coefficient (Wildman–Crippen LogP) is 0.462. The van der Waals surface area contributed by atoms with Crippen molar-refractivity contribution in [1.82, 2.24) is 4.90 Å². The normalized spacial score (nSPS) is 44.5. The van der Waals surface area contributed by atoms with Gasteiger partial charge in [0.15, 0.2) is 11.2 Å². The van der Waals surface area contributed by atoms with Crippen LogP contribution in [0, 0.1) is 11.8 Å². The molecule has 3 heterocycles. The number of cyclic esters (lactones) is 1. The molecule has 26 heavy (non-hydrogen) atoms. The van der Waals surface area contributed by atoms with E-state index in [9.17, 15) is 19.8 Å². The fourth-order valence-electron chi connectivity index (χ4n) is 4.11. The highest BCUT2D eigenvalue weighted by molar-refractivity contribution is 6.20. The lowest BCUT2D eigenvalue weighted by Gasteiger charge is -2.40. The van der Waals surface area contributed by atoms with E-state index in [4.69, 9.17) is 21.1 Å². The second kappa shape index (κ2) is 6.78. The number of rotatable bonds is 1. The SMILES string of the molecule is CC1[C@@H](C)[C@@](O)(CCl)C(=O)O[C@@H]2CCN3CC=C(COC(=O)[C@]1(C)O)[C@H]23. The van der Waals surface area contributed by atoms with Crippen LogP contribution in [0.4, 0.5) is 0 Å². The van der Waals surface area contributed by atoms with E-state index >= 15 is 0 Å². The van der Waals surface area contributed by atoms with Gasteiger partial charge < -0.3 is 19.7 Å². The number of halogens is 1. The molecule has 0 amide bonds. The lowest BCUT2D eigenvalue weighted by Crippen LogP contribution is -2.57. The van der Waals surface area contributed by atoms with E-state index in [0.29, 0.717) is 13.0 Å². The van der Waals surface area contributed by atoms with Gasteiger partial charge in [-0.05, 0) is 18.9 Å². The molecule has 0 bridgehead atoms. The maximum absolute atomic E-state index is 12.8. The molecule has 3 aliphatic rings. The first kappa shape index (κ1) is 19.6. The molecule has 8 heteroatoms. The van der Waals surface area contributed by atoms with Crippen molar-refractivity contribution in [3.63, 3.8) is 0 Å². The number of carbonyl (C=O) groups is 2. The van der Waals surface area contributed by atoms with E-state index in [0.717, 1.165) is 12.1 Å². The van der Waals surface area contributed by atoms with E-state index in [1.54, 1.807) is 13.8 Å². The summed E-state index contributed by atoms with van der Waals surface area (Å²) in [4.78, 5) is 27.5. The Labute approximate surface area is 157 Å². The molecule has 3 rings (SSSR count). The van der Waals surface area contributed by atoms with Gasteiger partial charge in [-0.25, -0.2) is 9.59 Å². The van der Waals surface area contributed by atoms with Gasteiger partial charge in [0.05, 0.1) is 11.9 Å². The minimum atomic E-state index is -2.01. The van der Waals surface area contributed by atoms with Crippen molar-refractivity contribution in [2.45, 2.75) is 50.5 Å². The molecule has 0 spiro atoms. The fraction of sp³-hybridized carbons (Fsp3) is 0.778. The molecule has 0 saturated carbocycles. The van der Waals surface area contributed by atoms with Crippen LogP contribution in [-0.4, -0.2) is 76.0 Å². The summed E-state index contributed by atoms with van der Waals surface area (Å²) in [6.45, 7) is 5.97. The van der Waals surface area contributed by atoms with Crippen LogP contribution in [-0.2, 0) is 19.1 Å². The molecule has 6 atom stereocenters. The molecule has 0 aromatic carbocycles. The van der Waals surface area contributed by atoms with Crippen LogP contribution in [0.1, 0.15) is 27.2 Å². The summed E-state index contributed by atoms with van der Waals surface area (Å²) in [6.07, 6.45) is 2.17. The first-order valence-corrected chi connectivity index (χ1v) is 9.48. The van der Waals surface area contributed by atoms with E-state index in [1.807, 2.05) is 6.08 Å². The largest absolute Gasteiger partial charge is 0.459 e. The second-order valence-electron chi connectivity index (χ2n) is 7.81. The minimum Gasteiger partial charge on any atom is -0.459 e. The molecule has 2 N–H and O–H groups in total. The summed E-state index contributed by atoms with van der Waals surface area (Å²) in [7, 11) is 0. The van der Waals surface area contributed by atoms with Crippen molar-refractivity contribution in [3.8, 4) is 0 Å². The monoisotopic (exact) mass is 387 g/mol. The third-order valence-corrected chi connectivity index (χ3v) is 6.81. The van der Waals surface area contributed by atoms with Gasteiger partial charge in [-0.3, -0.25) is 4.90 Å². The molecule has 146 valence electrons. The molecule has 2 fully saturated rings. The van der Waals surface area contributed by atoms with Crippen molar-refractivity contribution in [2.75, 3.05) is 25.6 Å². The van der Waals surface area contributed by atoms with Gasteiger partial charge in [-0.1, -0.05) is 19.9 Å². The Hall–Kier alpha value is -1.15. The number of ether oxygens (including phenoxy) is 2. The first-order valence-electron chi connectivity index (χ1n) is 8.95. The Bertz CT molecular complexity index is 635. The summed E-state index contributed by atoms with van der Waals surface area (Å²) in [5, 5.41) is 21.7. The zero-order chi connectivity index (χ0) is 19.3. The van der Waals surface area contributed by atoms with E-state index in [2.05, 4.69) is 4.90 Å². The standard InChI is InChI=1S/C18H26ClNO6/c1-10-11(2)18(24,9-19)16(22)26-13-5-7-20-6-4-12(14(13)20)8-25-15(21)17(10,3)23/h4,10-11,13-14,23-24H,5-9H2,1-3H3/t10?,11-,13-,14-,17-,18+/m1/s1. The third-order valence-electron chi connectivity index (χ3n) is 6.40. The van der Waals surface area contributed by atoms with Gasteiger partial charge in [-0.2, -0.15) is 0 Å². The maximum atomic E-state index is 12.8. The van der Waals surface area contributed by atoms with E-state index in [1.165, 1.54) is 6.92 Å². The molecule has 1 unspecified atom stereocenters. The summed E-state index contributed by atoms with van der Waals surface area (Å²) in [6, 6.07) is -0.177. The number of aliphatic hydroxyl groups is 2. The molecule has 7 nitrogen and oxygen atoms in total. The average molecular weight is 388 g/mol. The Balaban J connectivity index is 1.99. The summed E-state index contributed by atoms with van der Waals surface area (Å²) < 4.78 is 11.0. The van der Waals surface area contributed by atoms with Gasteiger partial charge in [0, 0.05) is 24.9 Å². The Morgan fingerprint density at radius 1 is 1.27 bits per heavy atom. The van der Waals surface area contributed by atoms with Gasteiger partial charge in [-0.15, -0.1) is 11.6 Å². The second-order valence-corrected chi connectivity index (χ2v) is 8.08. The number of alkyl halides is 1. The number of esters is 2. The van der Waals surface area contributed by atoms with Crippen LogP contribution in [0.2, 0.25) is 0 Å². The van der Waals surface area contributed by atoms with Crippen LogP contribution in [0.3, 0.4) is 0 Å². The molecule has 0 aromatic heterocycles. The number of nitrogens with zero attached hydrogens (tertiary/aromatic N) is 1. The summed E-state index contributed by atoms with van der Waals surface area (Å²) >= 11 is 5.94. The molecule has 2 saturated heterocycles. The summed E-state index contributed by atoms with van der Waals surface area (Å²) in [5.74, 6) is -3.61. The Morgan fingerprint density at radius 3 is 2.62 bits per heavy atom. The van der Waals surface area contributed by atoms with Crippen molar-refractivity contribution in [2.24, 2.45) is 11.8 Å². The average Bonchev–Trinajstić information content (AvgIpc) is 3.19. The molecular formula is C18H26ClNO6. The van der Waals surface area contributed by atoms with Gasteiger partial charge in [0.2, 0.25) is 0 Å². The first-order chi connectivity index (χ1) is 12.1. The lowest BCUT2D eigenvalue weighted by atomic mass is 9.73. The zero-order valence-electron chi connectivity index (χ0n) is 15.3. The van der Waals surface area contributed by atoms with Crippen LogP contribution < -0.4 is 0 Å². The van der Waals surface area contributed by atoms with Gasteiger partial charge >= 0.3 is 11.9 Å². The summed E-state index contributed by atoms with van der Waals surface area (Å²) in [5.41, 5.74) is -3.05. The fourth-order valence-corrected chi connectivity index (χ4v) is 4.46. The molecule has 0 aromatic rings. The molecule has 0 radical (unpaired) electrons. The van der Waals surface area contributed by atoms with Crippen molar-refractivity contribution < 1.29 is 29.3 Å². The highest BCUT2D eigenvalue weighted by atomic mass is 35.5. The lowest BCUT2D eigenvalue weighted by molar-refractivity contribution is -0.189. The minimum absolute atomic E-state index is 0.0467. The number of carbonyl (C=O) groups excluding carboxylic acids is 2. The quantitative estimate of drug-likeness (QED) is 0.383. The van der Waals surface area contributed by atoms with Crippen LogP contribution >= 0.6 is 11.6 Å².